The minimum atomic E-state index is -0.742. The van der Waals surface area contributed by atoms with Gasteiger partial charge in [0, 0.05) is 0 Å². The van der Waals surface area contributed by atoms with Gasteiger partial charge in [-0.1, -0.05) is 42.5 Å². The highest BCUT2D eigenvalue weighted by molar-refractivity contribution is 6.21. The molecule has 3 rings (SSSR count). The zero-order valence-electron chi connectivity index (χ0n) is 14.0. The molecule has 25 heavy (non-hydrogen) atoms. The van der Waals surface area contributed by atoms with Crippen molar-refractivity contribution in [1.29, 1.82) is 0 Å². The fourth-order valence-corrected chi connectivity index (χ4v) is 2.68. The average molecular weight is 338 g/mol. The van der Waals surface area contributed by atoms with Crippen LogP contribution in [0.3, 0.4) is 0 Å². The van der Waals surface area contributed by atoms with Crippen LogP contribution in [0.15, 0.2) is 54.6 Å². The minimum absolute atomic E-state index is 0.0616. The molecular weight excluding hydrogens is 320 g/mol. The zero-order chi connectivity index (χ0) is 18.0. The number of ether oxygens (including phenoxy) is 1. The van der Waals surface area contributed by atoms with Crippen LogP contribution < -0.4 is 0 Å². The number of rotatable bonds is 4. The minimum Gasteiger partial charge on any atom is -0.443 e. The van der Waals surface area contributed by atoms with E-state index in [0.29, 0.717) is 0 Å². The van der Waals surface area contributed by atoms with E-state index >= 15 is 0 Å². The first kappa shape index (κ1) is 16.7. The number of hydrogen-bond acceptors (Lipinski definition) is 4. The molecule has 2 aromatic carbocycles. The second-order valence-electron chi connectivity index (χ2n) is 5.95. The number of nitrogens with zero attached hydrogens (tertiary/aromatic N) is 2. The topological polar surface area (TPSA) is 66.9 Å². The van der Waals surface area contributed by atoms with Gasteiger partial charge < -0.3 is 4.74 Å². The largest absolute Gasteiger partial charge is 0.443 e. The molecule has 0 bridgehead atoms. The molecule has 1 aliphatic heterocycles. The smallest absolute Gasteiger partial charge is 0.429 e. The summed E-state index contributed by atoms with van der Waals surface area (Å²) in [5.41, 5.74) is 1.39. The lowest BCUT2D eigenvalue weighted by Gasteiger charge is -2.32. The molecular formula is C19H18N2O4. The first-order valence-electron chi connectivity index (χ1n) is 7.98. The Balaban J connectivity index is 1.81. The molecule has 6 heteroatoms. The molecule has 0 atom stereocenters. The normalized spacial score (nSPS) is 13.2. The molecule has 1 heterocycles. The Hall–Kier alpha value is -3.15. The quantitative estimate of drug-likeness (QED) is 0.803. The molecule has 2 aromatic rings. The lowest BCUT2D eigenvalue weighted by atomic mass is 10.1. The number of benzene rings is 2. The van der Waals surface area contributed by atoms with Gasteiger partial charge >= 0.3 is 6.09 Å². The van der Waals surface area contributed by atoms with Crippen LogP contribution in [0, 0.1) is 0 Å². The summed E-state index contributed by atoms with van der Waals surface area (Å²) in [6.07, 6.45) is -0.742. The molecule has 0 saturated heterocycles. The predicted octanol–water partition coefficient (Wildman–Crippen LogP) is 3.24. The molecule has 128 valence electrons. The first-order chi connectivity index (χ1) is 12.0. The number of fused-ring (bicyclic) bond motifs is 1. The summed E-state index contributed by atoms with van der Waals surface area (Å²) in [4.78, 5) is 37.7. The van der Waals surface area contributed by atoms with Crippen LogP contribution in [0.4, 0.5) is 4.79 Å². The summed E-state index contributed by atoms with van der Waals surface area (Å²) >= 11 is 0. The van der Waals surface area contributed by atoms with Gasteiger partial charge in [0.1, 0.15) is 6.61 Å². The predicted molar refractivity (Wildman–Crippen MR) is 90.5 cm³/mol. The van der Waals surface area contributed by atoms with Crippen molar-refractivity contribution in [1.82, 2.24) is 10.0 Å². The van der Waals surface area contributed by atoms with Gasteiger partial charge in [0.15, 0.2) is 0 Å². The maximum absolute atomic E-state index is 12.6. The monoisotopic (exact) mass is 338 g/mol. The molecule has 0 aliphatic carbocycles. The molecule has 0 radical (unpaired) electrons. The molecule has 0 saturated carbocycles. The third kappa shape index (κ3) is 3.10. The highest BCUT2D eigenvalue weighted by atomic mass is 16.6. The fraction of sp³-hybridized carbons (Fsp3) is 0.211. The second-order valence-corrected chi connectivity index (χ2v) is 5.95. The van der Waals surface area contributed by atoms with Crippen LogP contribution >= 0.6 is 0 Å². The van der Waals surface area contributed by atoms with E-state index in [0.717, 1.165) is 15.6 Å². The second kappa shape index (κ2) is 6.76. The summed E-state index contributed by atoms with van der Waals surface area (Å²) in [6.45, 7) is 3.49. The summed E-state index contributed by atoms with van der Waals surface area (Å²) in [6, 6.07) is 15.3. The lowest BCUT2D eigenvalue weighted by molar-refractivity contribution is -0.0168. The van der Waals surface area contributed by atoms with Crippen molar-refractivity contribution in [3.8, 4) is 0 Å². The molecule has 0 unspecified atom stereocenters. The van der Waals surface area contributed by atoms with Crippen LogP contribution in [0.25, 0.3) is 0 Å². The first-order valence-corrected chi connectivity index (χ1v) is 7.98. The highest BCUT2D eigenvalue weighted by Crippen LogP contribution is 2.25. The number of hydrogen-bond donors (Lipinski definition) is 0. The Bertz CT molecular complexity index is 782. The number of imide groups is 1. The van der Waals surface area contributed by atoms with Crippen LogP contribution in [0.5, 0.6) is 0 Å². The molecule has 1 aliphatic rings. The SMILES string of the molecule is CC(C)N(C(=O)OCc1ccccc1)N1C(=O)c2ccccc2C1=O. The summed E-state index contributed by atoms with van der Waals surface area (Å²) in [7, 11) is 0. The Morgan fingerprint density at radius 2 is 1.48 bits per heavy atom. The van der Waals surface area contributed by atoms with Gasteiger partial charge in [0.25, 0.3) is 11.8 Å². The average Bonchev–Trinajstić information content (AvgIpc) is 2.86. The molecule has 0 fully saturated rings. The van der Waals surface area contributed by atoms with Gasteiger partial charge in [0.05, 0.1) is 17.2 Å². The van der Waals surface area contributed by atoms with E-state index in [-0.39, 0.29) is 17.7 Å². The van der Waals surface area contributed by atoms with E-state index in [1.807, 2.05) is 30.3 Å². The highest BCUT2D eigenvalue weighted by Gasteiger charge is 2.42. The van der Waals surface area contributed by atoms with Crippen molar-refractivity contribution >= 4 is 17.9 Å². The van der Waals surface area contributed by atoms with E-state index in [9.17, 15) is 14.4 Å². The fourth-order valence-electron chi connectivity index (χ4n) is 2.68. The van der Waals surface area contributed by atoms with Crippen molar-refractivity contribution in [2.24, 2.45) is 0 Å². The van der Waals surface area contributed by atoms with Crippen molar-refractivity contribution in [2.45, 2.75) is 26.5 Å². The van der Waals surface area contributed by atoms with Gasteiger partial charge in [0.2, 0.25) is 0 Å². The van der Waals surface area contributed by atoms with E-state index < -0.39 is 23.9 Å². The Kier molecular flexibility index (Phi) is 4.52. The van der Waals surface area contributed by atoms with Crippen molar-refractivity contribution in [2.75, 3.05) is 0 Å². The van der Waals surface area contributed by atoms with Gasteiger partial charge in [-0.05, 0) is 31.5 Å². The maximum atomic E-state index is 12.6. The number of hydrazine groups is 1. The summed E-state index contributed by atoms with van der Waals surface area (Å²) in [5, 5.41) is 1.93. The van der Waals surface area contributed by atoms with Crippen LogP contribution in [-0.4, -0.2) is 34.0 Å². The van der Waals surface area contributed by atoms with E-state index in [1.54, 1.807) is 38.1 Å². The van der Waals surface area contributed by atoms with E-state index in [4.69, 9.17) is 4.74 Å². The standard InChI is InChI=1S/C19H18N2O4/c1-13(2)20(19(24)25-12-14-8-4-3-5-9-14)21-17(22)15-10-6-7-11-16(15)18(21)23/h3-11,13H,12H2,1-2H3. The third-order valence-electron chi connectivity index (χ3n) is 3.87. The molecule has 0 spiro atoms. The Labute approximate surface area is 145 Å². The van der Waals surface area contributed by atoms with E-state index in [2.05, 4.69) is 0 Å². The molecule has 6 nitrogen and oxygen atoms in total. The van der Waals surface area contributed by atoms with E-state index in [1.165, 1.54) is 0 Å². The Morgan fingerprint density at radius 3 is 2.00 bits per heavy atom. The van der Waals surface area contributed by atoms with Crippen LogP contribution in [-0.2, 0) is 11.3 Å². The number of carbonyl (C=O) groups is 3. The number of carbonyl (C=O) groups excluding carboxylic acids is 3. The van der Waals surface area contributed by atoms with Gasteiger partial charge in [-0.2, -0.15) is 5.01 Å². The number of amides is 3. The molecule has 3 amide bonds. The maximum Gasteiger partial charge on any atom is 0.429 e. The van der Waals surface area contributed by atoms with Gasteiger partial charge in [-0.25, -0.2) is 9.80 Å². The van der Waals surface area contributed by atoms with Crippen LogP contribution in [0.1, 0.15) is 40.1 Å². The van der Waals surface area contributed by atoms with Crippen molar-refractivity contribution in [3.05, 3.63) is 71.3 Å². The zero-order valence-corrected chi connectivity index (χ0v) is 14.0. The Morgan fingerprint density at radius 1 is 0.960 bits per heavy atom. The third-order valence-corrected chi connectivity index (χ3v) is 3.87. The summed E-state index contributed by atoms with van der Waals surface area (Å²) in [5.74, 6) is -1.04. The molecule has 0 aromatic heterocycles. The molecule has 0 N–H and O–H groups in total. The lowest BCUT2D eigenvalue weighted by Crippen LogP contribution is -2.53. The van der Waals surface area contributed by atoms with Gasteiger partial charge in [-0.15, -0.1) is 0 Å². The summed E-state index contributed by atoms with van der Waals surface area (Å²) < 4.78 is 5.30. The van der Waals surface area contributed by atoms with Crippen LogP contribution in [0.2, 0.25) is 0 Å². The van der Waals surface area contributed by atoms with Crippen molar-refractivity contribution < 1.29 is 19.1 Å². The van der Waals surface area contributed by atoms with Gasteiger partial charge in [-0.3, -0.25) is 9.59 Å². The van der Waals surface area contributed by atoms with Crippen molar-refractivity contribution in [3.63, 3.8) is 0 Å².